The Kier molecular flexibility index (Phi) is 7.29. The van der Waals surface area contributed by atoms with Gasteiger partial charge in [0.1, 0.15) is 18.2 Å². The standard InChI is InChI=1S/C20H27ClN2O5/c1-19(2,3)28-18(26)22-15(17(24)25)11-20(9-10-20)16(12-21)23-27-13-14-7-5-4-6-8-14/h4-8,15H,9-13H2,1-3H3,(H,22,26)(H,24,25)/t15-/m0/s1. The molecule has 2 N–H and O–H groups in total. The Hall–Kier alpha value is -2.28. The highest BCUT2D eigenvalue weighted by Gasteiger charge is 2.50. The Morgan fingerprint density at radius 3 is 2.43 bits per heavy atom. The third kappa shape index (κ3) is 6.71. The summed E-state index contributed by atoms with van der Waals surface area (Å²) in [6, 6.07) is 8.49. The number of carboxylic acids is 1. The first-order valence-electron chi connectivity index (χ1n) is 9.17. The molecule has 8 heteroatoms. The molecule has 1 aromatic rings. The number of alkyl halides is 1. The Bertz CT molecular complexity index is 711. The normalized spacial score (nSPS) is 16.8. The summed E-state index contributed by atoms with van der Waals surface area (Å²) in [5.74, 6) is -0.996. The van der Waals surface area contributed by atoms with Crippen LogP contribution in [0.3, 0.4) is 0 Å². The number of amides is 1. The van der Waals surface area contributed by atoms with E-state index in [0.717, 1.165) is 18.4 Å². The Balaban J connectivity index is 2.00. The first-order valence-corrected chi connectivity index (χ1v) is 9.70. The van der Waals surface area contributed by atoms with Gasteiger partial charge in [0, 0.05) is 5.41 Å². The van der Waals surface area contributed by atoms with Crippen LogP contribution >= 0.6 is 11.6 Å². The van der Waals surface area contributed by atoms with Crippen LogP contribution < -0.4 is 5.32 Å². The average Bonchev–Trinajstić information content (AvgIpc) is 3.38. The fourth-order valence-electron chi connectivity index (χ4n) is 2.82. The second kappa shape index (κ2) is 9.28. The molecule has 0 saturated heterocycles. The predicted molar refractivity (Wildman–Crippen MR) is 106 cm³/mol. The number of oxime groups is 1. The molecule has 1 aromatic carbocycles. The molecule has 1 atom stereocenters. The van der Waals surface area contributed by atoms with Crippen molar-refractivity contribution < 1.29 is 24.3 Å². The highest BCUT2D eigenvalue weighted by atomic mass is 35.5. The number of nitrogens with zero attached hydrogens (tertiary/aromatic N) is 1. The number of carbonyl (C=O) groups is 2. The third-order valence-electron chi connectivity index (χ3n) is 4.43. The van der Waals surface area contributed by atoms with Gasteiger partial charge in [-0.05, 0) is 45.6 Å². The number of hydrogen-bond donors (Lipinski definition) is 2. The molecule has 1 aliphatic carbocycles. The molecule has 1 saturated carbocycles. The van der Waals surface area contributed by atoms with E-state index in [2.05, 4.69) is 10.5 Å². The molecule has 28 heavy (non-hydrogen) atoms. The second-order valence-electron chi connectivity index (χ2n) is 7.95. The third-order valence-corrected chi connectivity index (χ3v) is 4.68. The number of halogens is 1. The number of nitrogens with one attached hydrogen (secondary N) is 1. The van der Waals surface area contributed by atoms with Gasteiger partial charge in [-0.2, -0.15) is 0 Å². The van der Waals surface area contributed by atoms with E-state index in [0.29, 0.717) is 12.3 Å². The van der Waals surface area contributed by atoms with Crippen LogP contribution in [-0.4, -0.2) is 40.4 Å². The van der Waals surface area contributed by atoms with E-state index < -0.39 is 29.1 Å². The number of alkyl carbamates (subject to hydrolysis) is 1. The summed E-state index contributed by atoms with van der Waals surface area (Å²) in [4.78, 5) is 29.0. The molecule has 0 aliphatic heterocycles. The summed E-state index contributed by atoms with van der Waals surface area (Å²) in [5.41, 5.74) is 0.386. The van der Waals surface area contributed by atoms with Gasteiger partial charge >= 0.3 is 12.1 Å². The van der Waals surface area contributed by atoms with Crippen LogP contribution in [0, 0.1) is 5.41 Å². The fourth-order valence-corrected chi connectivity index (χ4v) is 3.16. The van der Waals surface area contributed by atoms with Crippen LogP contribution in [0.4, 0.5) is 4.79 Å². The zero-order valence-corrected chi connectivity index (χ0v) is 17.2. The first kappa shape index (κ1) is 22.0. The van der Waals surface area contributed by atoms with E-state index in [-0.39, 0.29) is 12.3 Å². The fraction of sp³-hybridized carbons (Fsp3) is 0.550. The van der Waals surface area contributed by atoms with Gasteiger partial charge in [0.05, 0.1) is 11.6 Å². The molecule has 0 spiro atoms. The topological polar surface area (TPSA) is 97.2 Å². The van der Waals surface area contributed by atoms with Crippen molar-refractivity contribution in [2.75, 3.05) is 5.88 Å². The number of carbonyl (C=O) groups excluding carboxylic acids is 1. The molecule has 154 valence electrons. The van der Waals surface area contributed by atoms with Gasteiger partial charge in [-0.25, -0.2) is 9.59 Å². The number of ether oxygens (including phenoxy) is 1. The minimum atomic E-state index is -1.13. The van der Waals surface area contributed by atoms with Gasteiger partial charge < -0.3 is 20.0 Å². The van der Waals surface area contributed by atoms with Crippen molar-refractivity contribution in [3.05, 3.63) is 35.9 Å². The Labute approximate surface area is 170 Å². The summed E-state index contributed by atoms with van der Waals surface area (Å²) in [7, 11) is 0. The summed E-state index contributed by atoms with van der Waals surface area (Å²) in [6.07, 6.45) is 0.905. The lowest BCUT2D eigenvalue weighted by molar-refractivity contribution is -0.139. The molecule has 0 unspecified atom stereocenters. The quantitative estimate of drug-likeness (QED) is 0.365. The van der Waals surface area contributed by atoms with Crippen molar-refractivity contribution in [3.63, 3.8) is 0 Å². The number of aliphatic carboxylic acids is 1. The van der Waals surface area contributed by atoms with E-state index in [1.165, 1.54) is 0 Å². The lowest BCUT2D eigenvalue weighted by Gasteiger charge is -2.24. The van der Waals surface area contributed by atoms with Crippen molar-refractivity contribution in [3.8, 4) is 0 Å². The monoisotopic (exact) mass is 410 g/mol. The average molecular weight is 411 g/mol. The molecule has 1 fully saturated rings. The van der Waals surface area contributed by atoms with Crippen LogP contribution in [-0.2, 0) is 21.0 Å². The largest absolute Gasteiger partial charge is 0.480 e. The summed E-state index contributed by atoms with van der Waals surface area (Å²) in [5, 5.41) is 16.1. The molecule has 0 heterocycles. The molecule has 0 aromatic heterocycles. The van der Waals surface area contributed by atoms with Crippen molar-refractivity contribution in [1.82, 2.24) is 5.32 Å². The van der Waals surface area contributed by atoms with Crippen LogP contribution in [0.1, 0.15) is 45.6 Å². The van der Waals surface area contributed by atoms with Crippen LogP contribution in [0.5, 0.6) is 0 Å². The highest BCUT2D eigenvalue weighted by Crippen LogP contribution is 2.51. The van der Waals surface area contributed by atoms with Gasteiger partial charge in [-0.1, -0.05) is 35.5 Å². The minimum absolute atomic E-state index is 0.133. The Morgan fingerprint density at radius 2 is 1.93 bits per heavy atom. The molecular weight excluding hydrogens is 384 g/mol. The minimum Gasteiger partial charge on any atom is -0.480 e. The lowest BCUT2D eigenvalue weighted by atomic mass is 9.92. The summed E-state index contributed by atoms with van der Waals surface area (Å²) >= 11 is 6.06. The number of benzene rings is 1. The van der Waals surface area contributed by atoms with E-state index in [9.17, 15) is 14.7 Å². The van der Waals surface area contributed by atoms with Crippen LogP contribution in [0.25, 0.3) is 0 Å². The van der Waals surface area contributed by atoms with E-state index >= 15 is 0 Å². The zero-order chi connectivity index (χ0) is 20.8. The highest BCUT2D eigenvalue weighted by molar-refractivity contribution is 6.29. The zero-order valence-electron chi connectivity index (χ0n) is 16.4. The van der Waals surface area contributed by atoms with Crippen LogP contribution in [0.2, 0.25) is 0 Å². The summed E-state index contributed by atoms with van der Waals surface area (Å²) < 4.78 is 5.16. The van der Waals surface area contributed by atoms with E-state index in [4.69, 9.17) is 21.2 Å². The van der Waals surface area contributed by atoms with E-state index in [1.54, 1.807) is 20.8 Å². The smallest absolute Gasteiger partial charge is 0.408 e. The van der Waals surface area contributed by atoms with Gasteiger partial charge in [0.2, 0.25) is 0 Å². The van der Waals surface area contributed by atoms with Gasteiger partial charge in [0.15, 0.2) is 0 Å². The number of rotatable bonds is 9. The molecule has 7 nitrogen and oxygen atoms in total. The maximum Gasteiger partial charge on any atom is 0.408 e. The first-order chi connectivity index (χ1) is 13.1. The molecule has 1 aliphatic rings. The molecule has 0 bridgehead atoms. The van der Waals surface area contributed by atoms with Gasteiger partial charge in [-0.3, -0.25) is 0 Å². The van der Waals surface area contributed by atoms with E-state index in [1.807, 2.05) is 30.3 Å². The molecule has 1 amide bonds. The SMILES string of the molecule is CC(C)(C)OC(=O)N[C@@H](CC1(C(CCl)=NOCc2ccccc2)CC1)C(=O)O. The van der Waals surface area contributed by atoms with Crippen molar-refractivity contribution >= 4 is 29.4 Å². The number of hydrogen-bond acceptors (Lipinski definition) is 5. The maximum absolute atomic E-state index is 12.0. The maximum atomic E-state index is 12.0. The second-order valence-corrected chi connectivity index (χ2v) is 8.22. The van der Waals surface area contributed by atoms with Gasteiger partial charge in [0.25, 0.3) is 0 Å². The van der Waals surface area contributed by atoms with Crippen LogP contribution in [0.15, 0.2) is 35.5 Å². The molecular formula is C20H27ClN2O5. The van der Waals surface area contributed by atoms with Gasteiger partial charge in [-0.15, -0.1) is 11.6 Å². The molecule has 0 radical (unpaired) electrons. The number of carboxylic acid groups (broad SMARTS) is 1. The Morgan fingerprint density at radius 1 is 1.29 bits per heavy atom. The van der Waals surface area contributed by atoms with Crippen molar-refractivity contribution in [2.45, 2.75) is 58.3 Å². The lowest BCUT2D eigenvalue weighted by Crippen LogP contribution is -2.45. The predicted octanol–water partition coefficient (Wildman–Crippen LogP) is 3.95. The summed E-state index contributed by atoms with van der Waals surface area (Å²) in [6.45, 7) is 5.45. The van der Waals surface area contributed by atoms with Crippen molar-refractivity contribution in [1.29, 1.82) is 0 Å². The van der Waals surface area contributed by atoms with Crippen molar-refractivity contribution in [2.24, 2.45) is 10.6 Å². The molecule has 2 rings (SSSR count).